The van der Waals surface area contributed by atoms with Crippen molar-refractivity contribution in [3.63, 3.8) is 0 Å². The van der Waals surface area contributed by atoms with E-state index < -0.39 is 5.91 Å². The zero-order valence-electron chi connectivity index (χ0n) is 15.0. The van der Waals surface area contributed by atoms with Gasteiger partial charge in [-0.25, -0.2) is 0 Å². The molecule has 6 heteroatoms. The highest BCUT2D eigenvalue weighted by atomic mass is 35.5. The molecule has 2 N–H and O–H groups in total. The lowest BCUT2D eigenvalue weighted by atomic mass is 10.1. The van der Waals surface area contributed by atoms with Crippen molar-refractivity contribution in [2.75, 3.05) is 6.61 Å². The number of carbonyl (C=O) groups excluding carboxylic acids is 2. The van der Waals surface area contributed by atoms with Crippen molar-refractivity contribution in [3.8, 4) is 16.9 Å². The molecular formula is C22H19ClN2O3. The standard InChI is InChI=1S/C22H19ClN2O3/c23-19-12-6-4-10-17(19)14-21(26)24-25-22(27)15-28-20-13-7-5-11-18(20)16-8-2-1-3-9-16/h1-13H,14-15H2,(H,24,26)(H,25,27). The summed E-state index contributed by atoms with van der Waals surface area (Å²) in [6.45, 7) is -0.226. The van der Waals surface area contributed by atoms with Crippen molar-refractivity contribution >= 4 is 23.4 Å². The second kappa shape index (κ2) is 9.58. The fraction of sp³-hybridized carbons (Fsp3) is 0.0909. The molecule has 3 aromatic carbocycles. The summed E-state index contributed by atoms with van der Waals surface area (Å²) in [7, 11) is 0. The van der Waals surface area contributed by atoms with Crippen LogP contribution < -0.4 is 15.6 Å². The van der Waals surface area contributed by atoms with Gasteiger partial charge in [0.25, 0.3) is 5.91 Å². The number of carbonyl (C=O) groups is 2. The molecular weight excluding hydrogens is 376 g/mol. The molecule has 0 unspecified atom stereocenters. The minimum Gasteiger partial charge on any atom is -0.483 e. The Hall–Kier alpha value is -3.31. The highest BCUT2D eigenvalue weighted by molar-refractivity contribution is 6.31. The van der Waals surface area contributed by atoms with Crippen molar-refractivity contribution in [2.24, 2.45) is 0 Å². The Morgan fingerprint density at radius 3 is 2.21 bits per heavy atom. The lowest BCUT2D eigenvalue weighted by Crippen LogP contribution is -2.44. The first-order valence-corrected chi connectivity index (χ1v) is 9.09. The van der Waals surface area contributed by atoms with Crippen LogP contribution in [0.1, 0.15) is 5.56 Å². The molecule has 0 saturated carbocycles. The van der Waals surface area contributed by atoms with E-state index in [-0.39, 0.29) is 18.9 Å². The van der Waals surface area contributed by atoms with Crippen molar-refractivity contribution in [2.45, 2.75) is 6.42 Å². The molecule has 0 radical (unpaired) electrons. The molecule has 0 aliphatic heterocycles. The van der Waals surface area contributed by atoms with Crippen LogP contribution in [0.15, 0.2) is 78.9 Å². The third-order valence-corrected chi connectivity index (χ3v) is 4.35. The molecule has 0 aliphatic carbocycles. The van der Waals surface area contributed by atoms with Crippen LogP contribution in [0.5, 0.6) is 5.75 Å². The monoisotopic (exact) mass is 394 g/mol. The summed E-state index contributed by atoms with van der Waals surface area (Å²) < 4.78 is 5.64. The van der Waals surface area contributed by atoms with E-state index in [1.54, 1.807) is 30.3 Å². The predicted octanol–water partition coefficient (Wildman–Crippen LogP) is 3.78. The summed E-state index contributed by atoms with van der Waals surface area (Å²) in [4.78, 5) is 24.0. The van der Waals surface area contributed by atoms with Crippen LogP contribution in [-0.4, -0.2) is 18.4 Å². The summed E-state index contributed by atoms with van der Waals surface area (Å²) in [6.07, 6.45) is 0.0671. The van der Waals surface area contributed by atoms with Crippen molar-refractivity contribution in [3.05, 3.63) is 89.4 Å². The third-order valence-electron chi connectivity index (χ3n) is 3.98. The fourth-order valence-electron chi connectivity index (χ4n) is 2.63. The number of para-hydroxylation sites is 1. The number of ether oxygens (including phenoxy) is 1. The summed E-state index contributed by atoms with van der Waals surface area (Å²) in [5, 5.41) is 0.504. The number of amides is 2. The summed E-state index contributed by atoms with van der Waals surface area (Å²) in [5.74, 6) is -0.243. The van der Waals surface area contributed by atoms with Crippen LogP contribution in [-0.2, 0) is 16.0 Å². The molecule has 0 bridgehead atoms. The Kier molecular flexibility index (Phi) is 6.65. The molecule has 0 heterocycles. The van der Waals surface area contributed by atoms with Gasteiger partial charge in [0.1, 0.15) is 5.75 Å². The van der Waals surface area contributed by atoms with Gasteiger partial charge in [0.05, 0.1) is 6.42 Å². The van der Waals surface area contributed by atoms with E-state index in [1.165, 1.54) is 0 Å². The molecule has 0 spiro atoms. The Bertz CT molecular complexity index is 961. The van der Waals surface area contributed by atoms with Crippen LogP contribution in [0.25, 0.3) is 11.1 Å². The number of hydrazine groups is 1. The number of hydrogen-bond donors (Lipinski definition) is 2. The molecule has 5 nitrogen and oxygen atoms in total. The SMILES string of the molecule is O=C(COc1ccccc1-c1ccccc1)NNC(=O)Cc1ccccc1Cl. The van der Waals surface area contributed by atoms with Gasteiger partial charge in [-0.05, 0) is 23.3 Å². The average molecular weight is 395 g/mol. The Balaban J connectivity index is 1.51. The molecule has 0 atom stereocenters. The number of hydrogen-bond acceptors (Lipinski definition) is 3. The van der Waals surface area contributed by atoms with E-state index in [9.17, 15) is 9.59 Å². The minimum atomic E-state index is -0.463. The van der Waals surface area contributed by atoms with Gasteiger partial charge in [-0.3, -0.25) is 20.4 Å². The molecule has 28 heavy (non-hydrogen) atoms. The zero-order chi connectivity index (χ0) is 19.8. The highest BCUT2D eigenvalue weighted by Crippen LogP contribution is 2.29. The van der Waals surface area contributed by atoms with E-state index in [4.69, 9.17) is 16.3 Å². The maximum absolute atomic E-state index is 12.0. The third kappa shape index (κ3) is 5.34. The molecule has 3 rings (SSSR count). The predicted molar refractivity (Wildman–Crippen MR) is 109 cm³/mol. The summed E-state index contributed by atoms with van der Waals surface area (Å²) in [6, 6.07) is 24.3. The van der Waals surface area contributed by atoms with Gasteiger partial charge in [-0.2, -0.15) is 0 Å². The van der Waals surface area contributed by atoms with Gasteiger partial charge in [0.2, 0.25) is 5.91 Å². The lowest BCUT2D eigenvalue weighted by molar-refractivity contribution is -0.129. The number of rotatable bonds is 6. The Morgan fingerprint density at radius 1 is 0.786 bits per heavy atom. The van der Waals surface area contributed by atoms with Crippen LogP contribution >= 0.6 is 11.6 Å². The second-order valence-electron chi connectivity index (χ2n) is 6.02. The van der Waals surface area contributed by atoms with E-state index in [0.717, 1.165) is 11.1 Å². The van der Waals surface area contributed by atoms with Gasteiger partial charge >= 0.3 is 0 Å². The highest BCUT2D eigenvalue weighted by Gasteiger charge is 2.10. The topological polar surface area (TPSA) is 67.4 Å². The van der Waals surface area contributed by atoms with E-state index in [0.29, 0.717) is 16.3 Å². The van der Waals surface area contributed by atoms with Crippen molar-refractivity contribution < 1.29 is 14.3 Å². The van der Waals surface area contributed by atoms with Gasteiger partial charge in [0.15, 0.2) is 6.61 Å². The molecule has 0 fully saturated rings. The molecule has 0 saturated heterocycles. The van der Waals surface area contributed by atoms with Gasteiger partial charge in [-0.1, -0.05) is 78.3 Å². The van der Waals surface area contributed by atoms with E-state index in [2.05, 4.69) is 10.9 Å². The number of nitrogens with one attached hydrogen (secondary N) is 2. The summed E-state index contributed by atoms with van der Waals surface area (Å²) >= 11 is 6.03. The first-order valence-electron chi connectivity index (χ1n) is 8.72. The normalized spacial score (nSPS) is 10.2. The van der Waals surface area contributed by atoms with Crippen LogP contribution in [0.3, 0.4) is 0 Å². The van der Waals surface area contributed by atoms with Crippen molar-refractivity contribution in [1.82, 2.24) is 10.9 Å². The smallest absolute Gasteiger partial charge is 0.276 e. The quantitative estimate of drug-likeness (QED) is 0.625. The average Bonchev–Trinajstić information content (AvgIpc) is 2.73. The number of halogens is 1. The number of benzene rings is 3. The molecule has 142 valence electrons. The maximum Gasteiger partial charge on any atom is 0.276 e. The van der Waals surface area contributed by atoms with Gasteiger partial charge < -0.3 is 4.74 Å². The fourth-order valence-corrected chi connectivity index (χ4v) is 2.83. The first kappa shape index (κ1) is 19.5. The van der Waals surface area contributed by atoms with Crippen LogP contribution in [0, 0.1) is 0 Å². The molecule has 3 aromatic rings. The minimum absolute atomic E-state index is 0.0671. The zero-order valence-corrected chi connectivity index (χ0v) is 15.8. The Morgan fingerprint density at radius 2 is 1.43 bits per heavy atom. The van der Waals surface area contributed by atoms with E-state index >= 15 is 0 Å². The van der Waals surface area contributed by atoms with E-state index in [1.807, 2.05) is 48.5 Å². The molecule has 2 amide bonds. The van der Waals surface area contributed by atoms with Crippen molar-refractivity contribution in [1.29, 1.82) is 0 Å². The second-order valence-corrected chi connectivity index (χ2v) is 6.42. The maximum atomic E-state index is 12.0. The largest absolute Gasteiger partial charge is 0.483 e. The van der Waals surface area contributed by atoms with Gasteiger partial charge in [-0.15, -0.1) is 0 Å². The Labute approximate surface area is 168 Å². The molecule has 0 aromatic heterocycles. The van der Waals surface area contributed by atoms with Crippen LogP contribution in [0.4, 0.5) is 0 Å². The van der Waals surface area contributed by atoms with Crippen LogP contribution in [0.2, 0.25) is 5.02 Å². The lowest BCUT2D eigenvalue weighted by Gasteiger charge is -2.12. The summed E-state index contributed by atoms with van der Waals surface area (Å²) in [5.41, 5.74) is 7.27. The van der Waals surface area contributed by atoms with Gasteiger partial charge in [0, 0.05) is 10.6 Å². The molecule has 0 aliphatic rings. The first-order chi connectivity index (χ1) is 13.6.